The van der Waals surface area contributed by atoms with Crippen LogP contribution >= 0.6 is 11.3 Å². The van der Waals surface area contributed by atoms with E-state index in [9.17, 15) is 28.3 Å². The molecule has 2 heterocycles. The van der Waals surface area contributed by atoms with Gasteiger partial charge in [0.2, 0.25) is 5.91 Å². The molecule has 0 radical (unpaired) electrons. The van der Waals surface area contributed by atoms with Crippen molar-refractivity contribution in [3.63, 3.8) is 0 Å². The van der Waals surface area contributed by atoms with Gasteiger partial charge < -0.3 is 24.0 Å². The van der Waals surface area contributed by atoms with E-state index in [0.717, 1.165) is 16.6 Å². The van der Waals surface area contributed by atoms with Gasteiger partial charge in [0.05, 0.1) is 58.9 Å². The fraction of sp³-hybridized carbons (Fsp3) is 0.419. The van der Waals surface area contributed by atoms with Crippen molar-refractivity contribution in [2.75, 3.05) is 59.9 Å². The van der Waals surface area contributed by atoms with Crippen LogP contribution in [0.4, 0.5) is 13.9 Å². The number of likely N-dealkylation sites (N-methyl/N-ethyl adjacent to an activating group) is 1. The van der Waals surface area contributed by atoms with E-state index >= 15 is 0 Å². The first-order valence-electron chi connectivity index (χ1n) is 14.0. The molecule has 0 atom stereocenters. The van der Waals surface area contributed by atoms with Crippen LogP contribution in [-0.2, 0) is 27.2 Å². The summed E-state index contributed by atoms with van der Waals surface area (Å²) in [6.07, 6.45) is -0.559. The third-order valence-corrected chi connectivity index (χ3v) is 9.37. The Labute approximate surface area is 258 Å². The minimum Gasteiger partial charge on any atom is -0.496 e. The number of anilines is 1. The Morgan fingerprint density at radius 3 is 2.32 bits per heavy atom. The van der Waals surface area contributed by atoms with Gasteiger partial charge in [-0.3, -0.25) is 19.3 Å². The molecule has 0 spiro atoms. The molecule has 0 unspecified atom stereocenters. The van der Waals surface area contributed by atoms with Crippen LogP contribution in [0.5, 0.6) is 11.5 Å². The number of hydrogen-bond donors (Lipinski definition) is 1. The van der Waals surface area contributed by atoms with Gasteiger partial charge in [-0.2, -0.15) is 0 Å². The molecule has 1 aliphatic heterocycles. The van der Waals surface area contributed by atoms with Gasteiger partial charge in [-0.1, -0.05) is 0 Å². The van der Waals surface area contributed by atoms with Crippen molar-refractivity contribution in [3.8, 4) is 22.8 Å². The first-order valence-corrected chi connectivity index (χ1v) is 14.9. The Hall–Kier alpha value is -4.10. The summed E-state index contributed by atoms with van der Waals surface area (Å²) in [6, 6.07) is 7.59. The number of hydrogen-bond acceptors (Lipinski definition) is 7. The largest absolute Gasteiger partial charge is 0.496 e. The summed E-state index contributed by atoms with van der Waals surface area (Å²) >= 11 is 1.19. The molecule has 1 saturated heterocycles. The van der Waals surface area contributed by atoms with Gasteiger partial charge in [0.15, 0.2) is 23.4 Å². The number of thiazole rings is 1. The highest BCUT2D eigenvalue weighted by atomic mass is 32.1. The van der Waals surface area contributed by atoms with Crippen molar-refractivity contribution in [1.82, 2.24) is 9.88 Å². The Balaban J connectivity index is 1.29. The predicted octanol–water partition coefficient (Wildman–Crippen LogP) is 3.62. The number of ether oxygens (including phenoxy) is 2. The van der Waals surface area contributed by atoms with Crippen molar-refractivity contribution in [2.24, 2.45) is 5.41 Å². The minimum absolute atomic E-state index is 0.0286. The number of likely N-dealkylation sites (tertiary alicyclic amines) is 1. The number of aromatic nitrogens is 1. The molecule has 1 aliphatic carbocycles. The number of carboxylic acid groups (broad SMARTS) is 1. The van der Waals surface area contributed by atoms with Crippen LogP contribution in [0.15, 0.2) is 35.7 Å². The molecule has 234 valence electrons. The molecule has 2 amide bonds. The van der Waals surface area contributed by atoms with Crippen molar-refractivity contribution >= 4 is 34.3 Å². The summed E-state index contributed by atoms with van der Waals surface area (Å²) in [6.45, 7) is 1.29. The summed E-state index contributed by atoms with van der Waals surface area (Å²) in [4.78, 5) is 45.8. The van der Waals surface area contributed by atoms with Crippen molar-refractivity contribution in [1.29, 1.82) is 0 Å². The number of amides is 2. The molecule has 1 fully saturated rings. The predicted molar refractivity (Wildman–Crippen MR) is 160 cm³/mol. The number of methoxy groups -OCH3 is 1. The third-order valence-electron chi connectivity index (χ3n) is 8.45. The van der Waals surface area contributed by atoms with E-state index in [1.807, 2.05) is 0 Å². The maximum Gasteiger partial charge on any atom is 0.304 e. The van der Waals surface area contributed by atoms with Crippen LogP contribution in [0.2, 0.25) is 0 Å². The van der Waals surface area contributed by atoms with Gasteiger partial charge in [-0.25, -0.2) is 13.8 Å². The molecule has 13 heteroatoms. The third kappa shape index (κ3) is 6.11. The van der Waals surface area contributed by atoms with Crippen LogP contribution in [0.1, 0.15) is 17.5 Å². The molecule has 1 aromatic heterocycles. The second kappa shape index (κ2) is 11.8. The second-order valence-corrected chi connectivity index (χ2v) is 13.2. The molecule has 1 N–H and O–H groups in total. The summed E-state index contributed by atoms with van der Waals surface area (Å²) in [7, 11) is 9.32. The summed E-state index contributed by atoms with van der Waals surface area (Å²) < 4.78 is 39.9. The van der Waals surface area contributed by atoms with E-state index in [2.05, 4.69) is 26.1 Å². The lowest BCUT2D eigenvalue weighted by Crippen LogP contribution is -2.66. The highest BCUT2D eigenvalue weighted by Crippen LogP contribution is 2.43. The van der Waals surface area contributed by atoms with Crippen molar-refractivity contribution in [3.05, 3.63) is 58.5 Å². The lowest BCUT2D eigenvalue weighted by molar-refractivity contribution is -0.900. The maximum atomic E-state index is 13.9. The Bertz CT molecular complexity index is 1580. The molecule has 0 bridgehead atoms. The van der Waals surface area contributed by atoms with E-state index in [1.165, 1.54) is 30.4 Å². The number of carbonyl (C=O) groups is 3. The van der Waals surface area contributed by atoms with Gasteiger partial charge >= 0.3 is 5.97 Å². The zero-order valence-electron chi connectivity index (χ0n) is 25.2. The number of carbonyl (C=O) groups excluding carboxylic acids is 2. The molecule has 2 aromatic carbocycles. The van der Waals surface area contributed by atoms with Crippen molar-refractivity contribution in [2.45, 2.75) is 25.3 Å². The van der Waals surface area contributed by atoms with Crippen LogP contribution in [0, 0.1) is 17.0 Å². The van der Waals surface area contributed by atoms with Gasteiger partial charge in [0.1, 0.15) is 17.5 Å². The highest BCUT2D eigenvalue weighted by molar-refractivity contribution is 7.14. The van der Waals surface area contributed by atoms with Gasteiger partial charge in [-0.05, 0) is 48.2 Å². The smallest absolute Gasteiger partial charge is 0.304 e. The number of benzene rings is 2. The lowest BCUT2D eigenvalue weighted by atomic mass is 9.80. The molecule has 0 saturated carbocycles. The molecule has 10 nitrogen and oxygen atoms in total. The van der Waals surface area contributed by atoms with E-state index in [0.29, 0.717) is 58.1 Å². The molecule has 5 rings (SSSR count). The summed E-state index contributed by atoms with van der Waals surface area (Å²) in [5.74, 6) is -2.96. The number of quaternary nitrogens is 1. The maximum absolute atomic E-state index is 13.9. The number of aliphatic carboxylic acids is 1. The van der Waals surface area contributed by atoms with E-state index in [1.54, 1.807) is 28.5 Å². The molecular weight excluding hydrogens is 594 g/mol. The average molecular weight is 630 g/mol. The van der Waals surface area contributed by atoms with Crippen LogP contribution < -0.4 is 14.4 Å². The minimum atomic E-state index is -1.41. The average Bonchev–Trinajstić information content (AvgIpc) is 3.54. The topological polar surface area (TPSA) is 109 Å². The molecule has 44 heavy (non-hydrogen) atoms. The van der Waals surface area contributed by atoms with Gasteiger partial charge in [0, 0.05) is 24.1 Å². The Kier molecular flexibility index (Phi) is 8.38. The SMILES string of the molecule is COc1cc(OCC(=O)N2CC([N+](C)(C)C)C2)ccc1-c1csc(N(C)C(=O)C2(CC(=O)O)Cc3cc(F)c(F)cc3C2)n1. The van der Waals surface area contributed by atoms with E-state index in [-0.39, 0.29) is 25.4 Å². The van der Waals surface area contributed by atoms with E-state index < -0.39 is 35.3 Å². The zero-order chi connectivity index (χ0) is 32.0. The van der Waals surface area contributed by atoms with Crippen LogP contribution in [0.3, 0.4) is 0 Å². The Morgan fingerprint density at radius 2 is 1.75 bits per heavy atom. The monoisotopic (exact) mass is 629 g/mol. The first kappa shape index (κ1) is 31.3. The number of fused-ring (bicyclic) bond motifs is 1. The number of carboxylic acids is 1. The quantitative estimate of drug-likeness (QED) is 0.342. The summed E-state index contributed by atoms with van der Waals surface area (Å²) in [5.41, 5.74) is 0.563. The molecular formula is C31H35F2N4O6S+. The number of halogens is 2. The second-order valence-electron chi connectivity index (χ2n) is 12.3. The first-order chi connectivity index (χ1) is 20.7. The fourth-order valence-electron chi connectivity index (χ4n) is 5.73. The van der Waals surface area contributed by atoms with Crippen LogP contribution in [0.25, 0.3) is 11.3 Å². The lowest BCUT2D eigenvalue weighted by Gasteiger charge is -2.46. The summed E-state index contributed by atoms with van der Waals surface area (Å²) in [5, 5.41) is 11.7. The number of rotatable bonds is 10. The Morgan fingerprint density at radius 1 is 1.11 bits per heavy atom. The van der Waals surface area contributed by atoms with Crippen molar-refractivity contribution < 1.29 is 42.2 Å². The number of nitrogens with zero attached hydrogens (tertiary/aromatic N) is 4. The molecule has 3 aromatic rings. The van der Waals surface area contributed by atoms with Gasteiger partial charge in [0.25, 0.3) is 5.91 Å². The highest BCUT2D eigenvalue weighted by Gasteiger charge is 2.48. The van der Waals surface area contributed by atoms with Gasteiger partial charge in [-0.15, -0.1) is 11.3 Å². The fourth-order valence-corrected chi connectivity index (χ4v) is 6.52. The van der Waals surface area contributed by atoms with Crippen LogP contribution in [-0.4, -0.2) is 98.3 Å². The normalized spacial score (nSPS) is 15.8. The van der Waals surface area contributed by atoms with E-state index in [4.69, 9.17) is 9.47 Å². The molecule has 2 aliphatic rings. The zero-order valence-corrected chi connectivity index (χ0v) is 26.0. The standard InChI is InChI=1S/C31H34F2N4O6S/c1-35(29(41)31(13-28(39)40)11-18-8-23(32)24(33)9-19(18)12-31)30-34-25(17-44-30)22-7-6-21(10-26(22)42-5)43-16-27(38)36-14-20(15-36)37(2,3)4/h6-10,17,20H,11-16H2,1-5H3/p+1.